The third-order valence-corrected chi connectivity index (χ3v) is 9.21. The average molecular weight is 653 g/mol. The first-order valence-electron chi connectivity index (χ1n) is 15.2. The number of likely N-dealkylation sites (tertiary alicyclic amines) is 1. The van der Waals surface area contributed by atoms with Crippen molar-refractivity contribution < 1.29 is 22.8 Å². The molecule has 2 saturated heterocycles. The van der Waals surface area contributed by atoms with E-state index in [1.165, 1.54) is 12.1 Å². The van der Waals surface area contributed by atoms with Gasteiger partial charge in [-0.05, 0) is 79.6 Å². The van der Waals surface area contributed by atoms with Gasteiger partial charge in [0.15, 0.2) is 5.11 Å². The van der Waals surface area contributed by atoms with Crippen molar-refractivity contribution in [3.63, 3.8) is 0 Å². The number of amides is 2. The van der Waals surface area contributed by atoms with E-state index in [2.05, 4.69) is 15.5 Å². The van der Waals surface area contributed by atoms with Crippen LogP contribution in [0.1, 0.15) is 35.6 Å². The van der Waals surface area contributed by atoms with Gasteiger partial charge in [-0.2, -0.15) is 13.2 Å². The second-order valence-electron chi connectivity index (χ2n) is 12.2. The largest absolute Gasteiger partial charge is 0.416 e. The molecule has 5 rings (SSSR count). The third-order valence-electron chi connectivity index (χ3n) is 8.83. The van der Waals surface area contributed by atoms with Crippen LogP contribution in [0.25, 0.3) is 0 Å². The number of hydrogen-bond donors (Lipinski definition) is 2. The zero-order valence-corrected chi connectivity index (χ0v) is 27.0. The van der Waals surface area contributed by atoms with Gasteiger partial charge in [-0.25, -0.2) is 0 Å². The number of piperidine rings is 1. The number of alkyl halides is 3. The molecule has 1 atom stereocenters. The molecule has 2 N–H and O–H groups in total. The molecule has 0 bridgehead atoms. The van der Waals surface area contributed by atoms with E-state index >= 15 is 0 Å². The fraction of sp³-hybridized carbons (Fsp3) is 0.382. The summed E-state index contributed by atoms with van der Waals surface area (Å²) in [7, 11) is 5.81. The number of anilines is 2. The van der Waals surface area contributed by atoms with Crippen molar-refractivity contribution in [2.24, 2.45) is 0 Å². The molecule has 0 spiro atoms. The minimum absolute atomic E-state index is 0.0379. The summed E-state index contributed by atoms with van der Waals surface area (Å²) in [5.74, 6) is -0.664. The molecular weight excluding hydrogens is 613 g/mol. The van der Waals surface area contributed by atoms with E-state index in [0.29, 0.717) is 48.8 Å². The van der Waals surface area contributed by atoms with Gasteiger partial charge in [0.05, 0.1) is 18.2 Å². The number of halogens is 3. The number of carbonyl (C=O) groups excluding carboxylic acids is 2. The maximum atomic E-state index is 14.4. The second-order valence-corrected chi connectivity index (χ2v) is 12.6. The van der Waals surface area contributed by atoms with E-state index in [4.69, 9.17) is 12.2 Å². The normalized spacial score (nSPS) is 18.2. The predicted molar refractivity (Wildman–Crippen MR) is 177 cm³/mol. The van der Waals surface area contributed by atoms with Gasteiger partial charge in [-0.15, -0.1) is 0 Å². The minimum atomic E-state index is -4.49. The van der Waals surface area contributed by atoms with Crippen molar-refractivity contribution in [2.45, 2.75) is 37.1 Å². The Morgan fingerprint density at radius 2 is 1.61 bits per heavy atom. The number of hydrogen-bond acceptors (Lipinski definition) is 5. The molecule has 12 heteroatoms. The smallest absolute Gasteiger partial charge is 0.378 e. The van der Waals surface area contributed by atoms with Crippen LogP contribution in [0, 0.1) is 0 Å². The van der Waals surface area contributed by atoms with E-state index in [-0.39, 0.29) is 30.9 Å². The highest BCUT2D eigenvalue weighted by Crippen LogP contribution is 2.34. The number of thiocarbonyl (C=S) groups is 1. The topological polar surface area (TPSA) is 71.2 Å². The molecule has 2 aliphatic heterocycles. The Bertz CT molecular complexity index is 1530. The van der Waals surface area contributed by atoms with Gasteiger partial charge in [0.2, 0.25) is 11.8 Å². The maximum Gasteiger partial charge on any atom is 0.416 e. The highest BCUT2D eigenvalue weighted by atomic mass is 32.1. The summed E-state index contributed by atoms with van der Waals surface area (Å²) >= 11 is 5.62. The van der Waals surface area contributed by atoms with Crippen LogP contribution < -0.4 is 15.5 Å². The monoisotopic (exact) mass is 652 g/mol. The summed E-state index contributed by atoms with van der Waals surface area (Å²) < 4.78 is 40.1. The van der Waals surface area contributed by atoms with Crippen LogP contribution >= 0.6 is 12.2 Å². The molecule has 0 radical (unpaired) electrons. The molecule has 3 aromatic carbocycles. The van der Waals surface area contributed by atoms with Crippen LogP contribution in [0.4, 0.5) is 24.5 Å². The lowest BCUT2D eigenvalue weighted by atomic mass is 9.83. The summed E-state index contributed by atoms with van der Waals surface area (Å²) in [6.07, 6.45) is -3.78. The standard InChI is InChI=1S/C34H39F3N6O2S/c1-40(2)28-15-13-27(14-16-28)38-31(45)33(17-19-41(3)20-18-33)43(21-24-9-11-26(12-10-24)34(35,36)37)30(44)23-42-22-29(39-32(42)46)25-7-5-4-6-8-25/h4-16,29H,17-23H2,1-3H3,(H,38,45)(H,39,46)/t29-/m0/s1. The van der Waals surface area contributed by atoms with Gasteiger partial charge < -0.3 is 30.2 Å². The molecule has 3 aromatic rings. The van der Waals surface area contributed by atoms with Gasteiger partial charge in [0, 0.05) is 51.6 Å². The van der Waals surface area contributed by atoms with Gasteiger partial charge >= 0.3 is 6.18 Å². The first-order valence-corrected chi connectivity index (χ1v) is 15.6. The Morgan fingerprint density at radius 1 is 0.978 bits per heavy atom. The van der Waals surface area contributed by atoms with Crippen LogP contribution in [0.3, 0.4) is 0 Å². The first kappa shape index (κ1) is 33.2. The molecule has 0 aromatic heterocycles. The molecule has 8 nitrogen and oxygen atoms in total. The highest BCUT2D eigenvalue weighted by molar-refractivity contribution is 7.80. The fourth-order valence-electron chi connectivity index (χ4n) is 6.01. The first-order chi connectivity index (χ1) is 21.9. The van der Waals surface area contributed by atoms with Crippen molar-refractivity contribution in [1.29, 1.82) is 0 Å². The van der Waals surface area contributed by atoms with Crippen molar-refractivity contribution >= 4 is 40.5 Å². The quantitative estimate of drug-likeness (QED) is 0.311. The lowest BCUT2D eigenvalue weighted by molar-refractivity contribution is -0.150. The van der Waals surface area contributed by atoms with E-state index in [1.54, 1.807) is 9.80 Å². The van der Waals surface area contributed by atoms with Crippen LogP contribution in [0.15, 0.2) is 78.9 Å². The van der Waals surface area contributed by atoms with Crippen LogP contribution in [0.2, 0.25) is 0 Å². The summed E-state index contributed by atoms with van der Waals surface area (Å²) in [5, 5.41) is 6.76. The third kappa shape index (κ3) is 7.45. The SMILES string of the molecule is CN1CCC(C(=O)Nc2ccc(N(C)C)cc2)(N(Cc2ccc(C(F)(F)F)cc2)C(=O)CN2C[C@@H](c3ccccc3)NC2=S)CC1. The zero-order valence-electron chi connectivity index (χ0n) is 26.2. The van der Waals surface area contributed by atoms with E-state index in [1.807, 2.05) is 80.6 Å². The van der Waals surface area contributed by atoms with Crippen molar-refractivity contribution in [3.05, 3.63) is 95.6 Å². The fourth-order valence-corrected chi connectivity index (χ4v) is 6.29. The maximum absolute atomic E-state index is 14.4. The molecular formula is C34H39F3N6O2S. The van der Waals surface area contributed by atoms with E-state index < -0.39 is 17.3 Å². The van der Waals surface area contributed by atoms with Crippen LogP contribution in [-0.4, -0.2) is 84.5 Å². The summed E-state index contributed by atoms with van der Waals surface area (Å²) in [5.41, 5.74) is 1.06. The summed E-state index contributed by atoms with van der Waals surface area (Å²) in [6, 6.07) is 21.9. The van der Waals surface area contributed by atoms with Gasteiger partial charge in [-0.1, -0.05) is 42.5 Å². The Hall–Kier alpha value is -4.16. The number of nitrogens with one attached hydrogen (secondary N) is 2. The predicted octanol–water partition coefficient (Wildman–Crippen LogP) is 5.13. The molecule has 0 unspecified atom stereocenters. The minimum Gasteiger partial charge on any atom is -0.378 e. The van der Waals surface area contributed by atoms with Crippen molar-refractivity contribution in [2.75, 3.05) is 57.5 Å². The van der Waals surface area contributed by atoms with Crippen LogP contribution in [0.5, 0.6) is 0 Å². The van der Waals surface area contributed by atoms with Crippen molar-refractivity contribution in [1.82, 2.24) is 20.0 Å². The molecule has 0 aliphatic carbocycles. The molecule has 0 saturated carbocycles. The zero-order chi connectivity index (χ0) is 33.1. The summed E-state index contributed by atoms with van der Waals surface area (Å²) in [6.45, 7) is 1.46. The highest BCUT2D eigenvalue weighted by Gasteiger charge is 2.48. The molecule has 2 fully saturated rings. The van der Waals surface area contributed by atoms with Gasteiger partial charge in [0.25, 0.3) is 0 Å². The molecule has 244 valence electrons. The van der Waals surface area contributed by atoms with E-state index in [0.717, 1.165) is 23.4 Å². The lowest BCUT2D eigenvalue weighted by Gasteiger charge is -2.47. The Balaban J connectivity index is 1.46. The second kappa shape index (κ2) is 13.7. The van der Waals surface area contributed by atoms with Crippen LogP contribution in [-0.2, 0) is 22.3 Å². The van der Waals surface area contributed by atoms with Crippen molar-refractivity contribution in [3.8, 4) is 0 Å². The number of carbonyl (C=O) groups is 2. The molecule has 2 amide bonds. The number of nitrogens with zero attached hydrogens (tertiary/aromatic N) is 4. The Labute approximate surface area is 273 Å². The molecule has 46 heavy (non-hydrogen) atoms. The molecule has 2 heterocycles. The van der Waals surface area contributed by atoms with E-state index in [9.17, 15) is 22.8 Å². The lowest BCUT2D eigenvalue weighted by Crippen LogP contribution is -2.64. The Kier molecular flexibility index (Phi) is 9.88. The number of rotatable bonds is 9. The number of benzene rings is 3. The average Bonchev–Trinajstić information content (AvgIpc) is 3.40. The summed E-state index contributed by atoms with van der Waals surface area (Å²) in [4.78, 5) is 36.1. The van der Waals surface area contributed by atoms with Gasteiger partial charge in [0.1, 0.15) is 5.54 Å². The molecule has 2 aliphatic rings. The Morgan fingerprint density at radius 3 is 2.20 bits per heavy atom. The van der Waals surface area contributed by atoms with Gasteiger partial charge in [-0.3, -0.25) is 9.59 Å².